The molecule has 4 rings (SSSR count). The quantitative estimate of drug-likeness (QED) is 0.235. The normalized spacial score (nSPS) is 11.0. The van der Waals surface area contributed by atoms with Gasteiger partial charge < -0.3 is 14.4 Å². The van der Waals surface area contributed by atoms with E-state index in [0.717, 1.165) is 42.9 Å². The fourth-order valence-electron chi connectivity index (χ4n) is 3.21. The Kier molecular flexibility index (Phi) is 6.81. The van der Waals surface area contributed by atoms with Crippen LogP contribution in [0, 0.1) is 3.57 Å². The highest BCUT2D eigenvalue weighted by molar-refractivity contribution is 14.1. The Morgan fingerprint density at radius 2 is 1.45 bits per heavy atom. The maximum atomic E-state index is 5.30. The average Bonchev–Trinajstić information content (AvgIpc) is 3.19. The lowest BCUT2D eigenvalue weighted by atomic mass is 10.1. The maximum Gasteiger partial charge on any atom is 0.231 e. The summed E-state index contributed by atoms with van der Waals surface area (Å²) in [5.74, 6) is 2.42. The Bertz CT molecular complexity index is 1120. The zero-order valence-electron chi connectivity index (χ0n) is 17.4. The van der Waals surface area contributed by atoms with Crippen molar-refractivity contribution in [2.45, 2.75) is 18.2 Å². The minimum atomic E-state index is 0.659. The molecule has 0 amide bonds. The zero-order valence-corrected chi connectivity index (χ0v) is 20.4. The fraction of sp³-hybridized carbons (Fsp3) is 0.227. The summed E-state index contributed by atoms with van der Waals surface area (Å²) in [5, 5.41) is 5.26. The number of anilines is 1. The largest absolute Gasteiger partial charge is 0.497 e. The van der Waals surface area contributed by atoms with Gasteiger partial charge in [-0.25, -0.2) is 4.98 Å². The summed E-state index contributed by atoms with van der Waals surface area (Å²) in [7, 11) is 3.35. The first-order valence-electron chi connectivity index (χ1n) is 9.57. The molecule has 0 radical (unpaired) electrons. The van der Waals surface area contributed by atoms with Crippen LogP contribution in [0.3, 0.4) is 0 Å². The van der Waals surface area contributed by atoms with Gasteiger partial charge in [0.2, 0.25) is 5.95 Å². The van der Waals surface area contributed by atoms with Gasteiger partial charge in [-0.1, -0.05) is 36.0 Å². The Morgan fingerprint density at radius 3 is 1.94 bits per heavy atom. The van der Waals surface area contributed by atoms with Crippen molar-refractivity contribution in [1.29, 1.82) is 0 Å². The molecule has 160 valence electrons. The number of aromatic nitrogens is 4. The molecular weight excluding hydrogens is 525 g/mol. The van der Waals surface area contributed by atoms with E-state index in [2.05, 4.69) is 61.8 Å². The number of benzene rings is 2. The Balaban J connectivity index is 1.76. The predicted molar refractivity (Wildman–Crippen MR) is 131 cm³/mol. The van der Waals surface area contributed by atoms with E-state index >= 15 is 0 Å². The molecule has 2 heterocycles. The van der Waals surface area contributed by atoms with Crippen LogP contribution < -0.4 is 14.4 Å². The number of nitrogens with zero attached hydrogens (tertiary/aromatic N) is 5. The fourth-order valence-corrected chi connectivity index (χ4v) is 4.04. The second kappa shape index (κ2) is 9.73. The van der Waals surface area contributed by atoms with Gasteiger partial charge in [0.15, 0.2) is 10.8 Å². The van der Waals surface area contributed by atoms with Crippen LogP contribution in [0.5, 0.6) is 11.5 Å². The molecule has 4 aromatic rings. The van der Waals surface area contributed by atoms with E-state index < -0.39 is 0 Å². The molecule has 0 N–H and O–H groups in total. The van der Waals surface area contributed by atoms with E-state index in [4.69, 9.17) is 14.5 Å². The zero-order chi connectivity index (χ0) is 21.8. The van der Waals surface area contributed by atoms with Crippen molar-refractivity contribution in [3.05, 3.63) is 69.4 Å². The van der Waals surface area contributed by atoms with Crippen LogP contribution in [-0.4, -0.2) is 40.1 Å². The summed E-state index contributed by atoms with van der Waals surface area (Å²) in [5.41, 5.74) is 3.10. The molecule has 0 aliphatic carbocycles. The monoisotopic (exact) mass is 547 g/mol. The minimum Gasteiger partial charge on any atom is -0.497 e. The van der Waals surface area contributed by atoms with Crippen LogP contribution in [0.1, 0.15) is 11.1 Å². The Labute approximate surface area is 198 Å². The van der Waals surface area contributed by atoms with Crippen LogP contribution in [0.25, 0.3) is 5.65 Å². The van der Waals surface area contributed by atoms with E-state index in [1.807, 2.05) is 41.2 Å². The van der Waals surface area contributed by atoms with Gasteiger partial charge in [-0.2, -0.15) is 14.6 Å². The first-order valence-corrected chi connectivity index (χ1v) is 11.9. The molecule has 0 aliphatic rings. The first kappa shape index (κ1) is 21.7. The molecule has 9 heteroatoms. The maximum absolute atomic E-state index is 5.30. The molecule has 7 nitrogen and oxygen atoms in total. The van der Waals surface area contributed by atoms with Crippen LogP contribution in [-0.2, 0) is 13.1 Å². The molecular formula is C22H22IN5O2S. The highest BCUT2D eigenvalue weighted by Crippen LogP contribution is 2.25. The topological polar surface area (TPSA) is 64.8 Å². The van der Waals surface area contributed by atoms with E-state index in [9.17, 15) is 0 Å². The lowest BCUT2D eigenvalue weighted by Gasteiger charge is -2.25. The molecule has 0 unspecified atom stereocenters. The van der Waals surface area contributed by atoms with E-state index in [0.29, 0.717) is 13.1 Å². The highest BCUT2D eigenvalue weighted by atomic mass is 127. The van der Waals surface area contributed by atoms with Crippen molar-refractivity contribution in [3.8, 4) is 11.5 Å². The number of rotatable bonds is 8. The lowest BCUT2D eigenvalue weighted by Crippen LogP contribution is -2.26. The van der Waals surface area contributed by atoms with Gasteiger partial charge in [-0.3, -0.25) is 0 Å². The van der Waals surface area contributed by atoms with Crippen molar-refractivity contribution in [1.82, 2.24) is 19.6 Å². The summed E-state index contributed by atoms with van der Waals surface area (Å²) >= 11 is 3.78. The number of thioether (sulfide) groups is 1. The van der Waals surface area contributed by atoms with Gasteiger partial charge in [0.05, 0.1) is 24.0 Å². The second-order valence-electron chi connectivity index (χ2n) is 6.79. The van der Waals surface area contributed by atoms with Crippen LogP contribution in [0.4, 0.5) is 5.95 Å². The standard InChI is InChI=1S/C22H22IN5O2S/c1-29-17-8-4-15(5-9-17)13-27(14-16-6-10-18(30-2)11-7-16)22-26-21(31-3)25-20-19(23)12-24-28(20)22/h4-12H,13-14H2,1-3H3. The number of hydrogen-bond acceptors (Lipinski definition) is 7. The van der Waals surface area contributed by atoms with Crippen molar-refractivity contribution in [2.75, 3.05) is 25.4 Å². The lowest BCUT2D eigenvalue weighted by molar-refractivity contribution is 0.414. The molecule has 0 aliphatic heterocycles. The summed E-state index contributed by atoms with van der Waals surface area (Å²) in [6, 6.07) is 16.2. The van der Waals surface area contributed by atoms with Crippen LogP contribution >= 0.6 is 34.4 Å². The van der Waals surface area contributed by atoms with Gasteiger partial charge in [0.25, 0.3) is 0 Å². The van der Waals surface area contributed by atoms with Gasteiger partial charge in [0.1, 0.15) is 11.5 Å². The molecule has 0 saturated heterocycles. The van der Waals surface area contributed by atoms with Crippen LogP contribution in [0.15, 0.2) is 59.9 Å². The van der Waals surface area contributed by atoms with Crippen molar-refractivity contribution in [3.63, 3.8) is 0 Å². The SMILES string of the molecule is COc1ccc(CN(Cc2ccc(OC)cc2)c2nc(SC)nc3c(I)cnn23)cc1. The summed E-state index contributed by atoms with van der Waals surface area (Å²) in [4.78, 5) is 11.7. The summed E-state index contributed by atoms with van der Waals surface area (Å²) in [6.45, 7) is 1.32. The molecule has 2 aromatic carbocycles. The van der Waals surface area contributed by atoms with Crippen molar-refractivity contribution in [2.24, 2.45) is 0 Å². The van der Waals surface area contributed by atoms with Gasteiger partial charge in [0, 0.05) is 13.1 Å². The van der Waals surface area contributed by atoms with Gasteiger partial charge in [-0.05, 0) is 64.2 Å². The molecule has 0 bridgehead atoms. The number of halogens is 1. The summed E-state index contributed by atoms with van der Waals surface area (Å²) < 4.78 is 13.4. The smallest absolute Gasteiger partial charge is 0.231 e. The van der Waals surface area contributed by atoms with E-state index in [-0.39, 0.29) is 0 Å². The van der Waals surface area contributed by atoms with Crippen molar-refractivity contribution >= 4 is 45.9 Å². The molecule has 2 aromatic heterocycles. The van der Waals surface area contributed by atoms with Crippen molar-refractivity contribution < 1.29 is 9.47 Å². The summed E-state index contributed by atoms with van der Waals surface area (Å²) in [6.07, 6.45) is 3.80. The average molecular weight is 547 g/mol. The predicted octanol–water partition coefficient (Wildman–Crippen LogP) is 4.67. The number of fused-ring (bicyclic) bond motifs is 1. The Hall–Kier alpha value is -2.53. The molecule has 31 heavy (non-hydrogen) atoms. The molecule has 0 atom stereocenters. The third-order valence-corrected chi connectivity index (χ3v) is 6.13. The third kappa shape index (κ3) is 4.87. The number of hydrogen-bond donors (Lipinski definition) is 0. The van der Waals surface area contributed by atoms with E-state index in [1.165, 1.54) is 11.8 Å². The molecule has 0 spiro atoms. The third-order valence-electron chi connectivity index (χ3n) is 4.82. The first-order chi connectivity index (χ1) is 15.1. The number of ether oxygens (including phenoxy) is 2. The number of methoxy groups -OCH3 is 2. The minimum absolute atomic E-state index is 0.659. The molecule has 0 saturated carbocycles. The highest BCUT2D eigenvalue weighted by Gasteiger charge is 2.18. The van der Waals surface area contributed by atoms with Crippen LogP contribution in [0.2, 0.25) is 0 Å². The van der Waals surface area contributed by atoms with E-state index in [1.54, 1.807) is 14.2 Å². The van der Waals surface area contributed by atoms with Gasteiger partial charge >= 0.3 is 0 Å². The Morgan fingerprint density at radius 1 is 0.903 bits per heavy atom. The molecule has 0 fully saturated rings. The van der Waals surface area contributed by atoms with Gasteiger partial charge in [-0.15, -0.1) is 0 Å². The second-order valence-corrected chi connectivity index (χ2v) is 8.73.